The van der Waals surface area contributed by atoms with E-state index in [0.29, 0.717) is 6.04 Å². The van der Waals surface area contributed by atoms with Crippen LogP contribution in [0.3, 0.4) is 0 Å². The summed E-state index contributed by atoms with van der Waals surface area (Å²) in [7, 11) is 0. The van der Waals surface area contributed by atoms with Crippen LogP contribution in [0.1, 0.15) is 29.3 Å². The number of aromatic amines is 1. The van der Waals surface area contributed by atoms with E-state index in [0.717, 1.165) is 9.09 Å². The highest BCUT2D eigenvalue weighted by atomic mass is 32.1. The quantitative estimate of drug-likeness (QED) is 0.816. The first-order valence-corrected chi connectivity index (χ1v) is 7.31. The first-order valence-electron chi connectivity index (χ1n) is 5.21. The van der Waals surface area contributed by atoms with E-state index in [9.17, 15) is 0 Å². The molecule has 2 N–H and O–H groups in total. The SMILES string of the molecule is S=c1[nH]nc(NC2CCCc3sccc32)s1. The van der Waals surface area contributed by atoms with E-state index < -0.39 is 0 Å². The lowest BCUT2D eigenvalue weighted by Crippen LogP contribution is -2.15. The molecule has 2 aromatic rings. The maximum atomic E-state index is 5.02. The second-order valence-corrected chi connectivity index (χ2v) is 6.47. The van der Waals surface area contributed by atoms with E-state index in [1.165, 1.54) is 41.0 Å². The Hall–Kier alpha value is -0.720. The summed E-state index contributed by atoms with van der Waals surface area (Å²) >= 11 is 8.38. The summed E-state index contributed by atoms with van der Waals surface area (Å²) in [6, 6.07) is 2.63. The highest BCUT2D eigenvalue weighted by Crippen LogP contribution is 2.35. The molecule has 3 nitrogen and oxygen atoms in total. The normalized spacial score (nSPS) is 19.4. The fraction of sp³-hybridized carbons (Fsp3) is 0.400. The Morgan fingerprint density at radius 3 is 3.31 bits per heavy atom. The van der Waals surface area contributed by atoms with Crippen molar-refractivity contribution in [2.24, 2.45) is 0 Å². The number of anilines is 1. The van der Waals surface area contributed by atoms with Crippen molar-refractivity contribution in [2.45, 2.75) is 25.3 Å². The van der Waals surface area contributed by atoms with Crippen molar-refractivity contribution in [3.63, 3.8) is 0 Å². The van der Waals surface area contributed by atoms with Crippen LogP contribution in [-0.4, -0.2) is 10.2 Å². The minimum Gasteiger partial charge on any atom is -0.353 e. The van der Waals surface area contributed by atoms with Crippen LogP contribution in [-0.2, 0) is 6.42 Å². The Kier molecular flexibility index (Phi) is 2.79. The highest BCUT2D eigenvalue weighted by molar-refractivity contribution is 7.73. The number of H-pyrrole nitrogens is 1. The lowest BCUT2D eigenvalue weighted by atomic mass is 9.94. The summed E-state index contributed by atoms with van der Waals surface area (Å²) in [4.78, 5) is 1.52. The van der Waals surface area contributed by atoms with Gasteiger partial charge in [-0.05, 0) is 48.5 Å². The Balaban J connectivity index is 1.85. The number of thiophene rings is 1. The number of nitrogens with zero attached hydrogens (tertiary/aromatic N) is 1. The molecule has 1 aliphatic carbocycles. The molecular weight excluding hydrogens is 258 g/mol. The third-order valence-corrected chi connectivity index (χ3v) is 4.80. The zero-order valence-electron chi connectivity index (χ0n) is 8.53. The van der Waals surface area contributed by atoms with Gasteiger partial charge in [-0.3, -0.25) is 5.10 Å². The van der Waals surface area contributed by atoms with Crippen molar-refractivity contribution in [2.75, 3.05) is 5.32 Å². The number of aromatic nitrogens is 2. The molecule has 2 heterocycles. The largest absolute Gasteiger partial charge is 0.353 e. The van der Waals surface area contributed by atoms with E-state index in [1.54, 1.807) is 0 Å². The van der Waals surface area contributed by atoms with Gasteiger partial charge in [0.15, 0.2) is 3.95 Å². The highest BCUT2D eigenvalue weighted by Gasteiger charge is 2.21. The Bertz CT molecular complexity index is 539. The monoisotopic (exact) mass is 269 g/mol. The van der Waals surface area contributed by atoms with Gasteiger partial charge in [-0.2, -0.15) is 0 Å². The molecule has 16 heavy (non-hydrogen) atoms. The summed E-state index contributed by atoms with van der Waals surface area (Å²) in [6.07, 6.45) is 3.65. The Labute approximate surface area is 107 Å². The Morgan fingerprint density at radius 1 is 1.56 bits per heavy atom. The summed E-state index contributed by atoms with van der Waals surface area (Å²) < 4.78 is 0.726. The molecule has 0 radical (unpaired) electrons. The molecule has 1 atom stereocenters. The van der Waals surface area contributed by atoms with Gasteiger partial charge in [-0.15, -0.1) is 16.4 Å². The van der Waals surface area contributed by atoms with E-state index in [-0.39, 0.29) is 0 Å². The topological polar surface area (TPSA) is 40.7 Å². The molecule has 0 fully saturated rings. The average molecular weight is 269 g/mol. The third-order valence-electron chi connectivity index (χ3n) is 2.79. The smallest absolute Gasteiger partial charge is 0.204 e. The number of rotatable bonds is 2. The number of nitrogens with one attached hydrogen (secondary N) is 2. The van der Waals surface area contributed by atoms with Crippen LogP contribution >= 0.6 is 34.9 Å². The van der Waals surface area contributed by atoms with E-state index in [4.69, 9.17) is 12.2 Å². The van der Waals surface area contributed by atoms with Crippen molar-refractivity contribution in [1.29, 1.82) is 0 Å². The second kappa shape index (κ2) is 4.27. The molecule has 0 bridgehead atoms. The zero-order valence-corrected chi connectivity index (χ0v) is 11.0. The van der Waals surface area contributed by atoms with Crippen molar-refractivity contribution in [3.8, 4) is 0 Å². The number of hydrogen-bond donors (Lipinski definition) is 2. The first kappa shape index (κ1) is 10.4. The molecular formula is C10H11N3S3. The van der Waals surface area contributed by atoms with Crippen molar-refractivity contribution >= 4 is 40.0 Å². The third kappa shape index (κ3) is 1.92. The summed E-state index contributed by atoms with van der Waals surface area (Å²) in [6.45, 7) is 0. The van der Waals surface area contributed by atoms with Crippen LogP contribution in [0.2, 0.25) is 0 Å². The molecule has 0 saturated heterocycles. The van der Waals surface area contributed by atoms with Crippen LogP contribution < -0.4 is 5.32 Å². The number of aryl methyl sites for hydroxylation is 1. The predicted octanol–water partition coefficient (Wildman–Crippen LogP) is 3.75. The number of fused-ring (bicyclic) bond motifs is 1. The van der Waals surface area contributed by atoms with E-state index in [2.05, 4.69) is 27.0 Å². The Morgan fingerprint density at radius 2 is 2.50 bits per heavy atom. The van der Waals surface area contributed by atoms with Crippen LogP contribution in [0.4, 0.5) is 5.13 Å². The first-order chi connectivity index (χ1) is 7.83. The molecule has 6 heteroatoms. The maximum absolute atomic E-state index is 5.02. The van der Waals surface area contributed by atoms with Gasteiger partial charge < -0.3 is 5.32 Å². The molecule has 1 aliphatic rings. The van der Waals surface area contributed by atoms with Crippen LogP contribution in [0.25, 0.3) is 0 Å². The molecule has 3 rings (SSSR count). The van der Waals surface area contributed by atoms with Gasteiger partial charge in [0.05, 0.1) is 6.04 Å². The lowest BCUT2D eigenvalue weighted by molar-refractivity contribution is 0.608. The molecule has 0 aliphatic heterocycles. The summed E-state index contributed by atoms with van der Waals surface area (Å²) in [5, 5.41) is 13.5. The summed E-state index contributed by atoms with van der Waals surface area (Å²) in [5.74, 6) is 0. The minimum absolute atomic E-state index is 0.406. The standard InChI is InChI=1S/C10H11N3S3/c14-10-13-12-9(16-10)11-7-2-1-3-8-6(7)4-5-15-8/h4-5,7H,1-3H2,(H,11,12)(H,13,14). The molecule has 1 unspecified atom stereocenters. The van der Waals surface area contributed by atoms with E-state index >= 15 is 0 Å². The van der Waals surface area contributed by atoms with E-state index in [1.807, 2.05) is 11.3 Å². The molecule has 0 spiro atoms. The van der Waals surface area contributed by atoms with Crippen molar-refractivity contribution in [3.05, 3.63) is 25.8 Å². The molecule has 0 aromatic carbocycles. The number of hydrogen-bond acceptors (Lipinski definition) is 5. The second-order valence-electron chi connectivity index (χ2n) is 3.81. The molecule has 0 saturated carbocycles. The minimum atomic E-state index is 0.406. The van der Waals surface area contributed by atoms with Crippen molar-refractivity contribution < 1.29 is 0 Å². The summed E-state index contributed by atoms with van der Waals surface area (Å²) in [5.41, 5.74) is 1.44. The van der Waals surface area contributed by atoms with Gasteiger partial charge in [0.1, 0.15) is 0 Å². The van der Waals surface area contributed by atoms with Gasteiger partial charge in [-0.1, -0.05) is 11.3 Å². The van der Waals surface area contributed by atoms with Crippen molar-refractivity contribution in [1.82, 2.24) is 10.2 Å². The maximum Gasteiger partial charge on any atom is 0.204 e. The molecule has 0 amide bonds. The lowest BCUT2D eigenvalue weighted by Gasteiger charge is -2.23. The molecule has 2 aromatic heterocycles. The van der Waals surface area contributed by atoms with Crippen LogP contribution in [0, 0.1) is 3.95 Å². The van der Waals surface area contributed by atoms with Crippen LogP contribution in [0.5, 0.6) is 0 Å². The zero-order chi connectivity index (χ0) is 11.0. The van der Waals surface area contributed by atoms with Gasteiger partial charge in [0.2, 0.25) is 5.13 Å². The fourth-order valence-electron chi connectivity index (χ4n) is 2.08. The van der Waals surface area contributed by atoms with Gasteiger partial charge >= 0.3 is 0 Å². The van der Waals surface area contributed by atoms with Crippen LogP contribution in [0.15, 0.2) is 11.4 Å². The molecule has 84 valence electrons. The van der Waals surface area contributed by atoms with Gasteiger partial charge in [0.25, 0.3) is 0 Å². The fourth-order valence-corrected chi connectivity index (χ4v) is 3.91. The average Bonchev–Trinajstić information content (AvgIpc) is 2.87. The van der Waals surface area contributed by atoms with Gasteiger partial charge in [-0.25, -0.2) is 0 Å². The van der Waals surface area contributed by atoms with Gasteiger partial charge in [0, 0.05) is 4.88 Å². The predicted molar refractivity (Wildman–Crippen MR) is 70.9 cm³/mol.